The Morgan fingerprint density at radius 3 is 2.70 bits per heavy atom. The molecule has 20 heavy (non-hydrogen) atoms. The van der Waals surface area contributed by atoms with E-state index in [0.29, 0.717) is 4.88 Å². The summed E-state index contributed by atoms with van der Waals surface area (Å²) >= 11 is 3.25. The molecule has 0 aliphatic carbocycles. The summed E-state index contributed by atoms with van der Waals surface area (Å²) in [6, 6.07) is 3.80. The van der Waals surface area contributed by atoms with Crippen LogP contribution in [0, 0.1) is 0 Å². The number of aryl methyl sites for hydroxylation is 1. The molecule has 108 valence electrons. The molecule has 0 aliphatic rings. The first-order valence-electron chi connectivity index (χ1n) is 6.41. The number of rotatable bonds is 6. The van der Waals surface area contributed by atoms with Gasteiger partial charge in [0.2, 0.25) is 0 Å². The molecule has 0 unspecified atom stereocenters. The van der Waals surface area contributed by atoms with Gasteiger partial charge in [-0.05, 0) is 25.6 Å². The molecular weight excluding hydrogens is 292 g/mol. The summed E-state index contributed by atoms with van der Waals surface area (Å²) in [7, 11) is 3.48. The highest BCUT2D eigenvalue weighted by molar-refractivity contribution is 7.14. The summed E-state index contributed by atoms with van der Waals surface area (Å²) in [4.78, 5) is 21.1. The highest BCUT2D eigenvalue weighted by Gasteiger charge is 2.11. The van der Waals surface area contributed by atoms with Gasteiger partial charge in [-0.1, -0.05) is 6.92 Å². The van der Waals surface area contributed by atoms with Gasteiger partial charge in [0.1, 0.15) is 4.88 Å². The second kappa shape index (κ2) is 6.97. The van der Waals surface area contributed by atoms with Crippen molar-refractivity contribution in [3.63, 3.8) is 0 Å². The number of carbonyl (C=O) groups excluding carboxylic acids is 1. The average Bonchev–Trinajstić information content (AvgIpc) is 3.07. The Bertz CT molecular complexity index is 577. The minimum Gasteiger partial charge on any atom is -0.465 e. The summed E-state index contributed by atoms with van der Waals surface area (Å²) in [6.45, 7) is 3.82. The van der Waals surface area contributed by atoms with Crippen molar-refractivity contribution in [1.82, 2.24) is 9.88 Å². The monoisotopic (exact) mass is 310 g/mol. The Morgan fingerprint density at radius 1 is 1.30 bits per heavy atom. The van der Waals surface area contributed by atoms with Gasteiger partial charge in [-0.3, -0.25) is 4.90 Å². The molecule has 6 heteroatoms. The smallest absolute Gasteiger partial charge is 0.348 e. The average molecular weight is 310 g/mol. The standard InChI is InChI=1S/C14H18N2O2S2/c1-4-13-15-7-11(20-13)9-16(2)8-10-5-6-12(19-10)14(17)18-3/h5-7H,4,8-9H2,1-3H3. The molecule has 0 spiro atoms. The zero-order valence-electron chi connectivity index (χ0n) is 11.9. The van der Waals surface area contributed by atoms with Gasteiger partial charge < -0.3 is 4.74 Å². The van der Waals surface area contributed by atoms with E-state index in [1.807, 2.05) is 18.3 Å². The van der Waals surface area contributed by atoms with Gasteiger partial charge in [0.05, 0.1) is 12.1 Å². The highest BCUT2D eigenvalue weighted by Crippen LogP contribution is 2.21. The Balaban J connectivity index is 1.92. The molecule has 0 atom stereocenters. The first-order valence-corrected chi connectivity index (χ1v) is 8.04. The quantitative estimate of drug-likeness (QED) is 0.769. The number of thiophene rings is 1. The Labute approximate surface area is 127 Å². The Kier molecular flexibility index (Phi) is 5.28. The number of thiazole rings is 1. The van der Waals surface area contributed by atoms with Crippen molar-refractivity contribution in [2.24, 2.45) is 0 Å². The first kappa shape index (κ1) is 15.2. The van der Waals surface area contributed by atoms with Gasteiger partial charge in [0, 0.05) is 29.0 Å². The minimum absolute atomic E-state index is 0.265. The van der Waals surface area contributed by atoms with E-state index in [1.165, 1.54) is 28.3 Å². The van der Waals surface area contributed by atoms with E-state index in [2.05, 4.69) is 23.9 Å². The van der Waals surface area contributed by atoms with Crippen LogP contribution in [0.3, 0.4) is 0 Å². The zero-order chi connectivity index (χ0) is 14.5. The maximum Gasteiger partial charge on any atom is 0.348 e. The minimum atomic E-state index is -0.265. The lowest BCUT2D eigenvalue weighted by atomic mass is 10.4. The third-order valence-electron chi connectivity index (χ3n) is 2.80. The van der Waals surface area contributed by atoms with Crippen LogP contribution in [0.25, 0.3) is 0 Å². The second-order valence-corrected chi connectivity index (χ2v) is 6.87. The maximum absolute atomic E-state index is 11.4. The lowest BCUT2D eigenvalue weighted by Gasteiger charge is -2.13. The summed E-state index contributed by atoms with van der Waals surface area (Å²) < 4.78 is 4.72. The van der Waals surface area contributed by atoms with E-state index >= 15 is 0 Å². The van der Waals surface area contributed by atoms with E-state index < -0.39 is 0 Å². The van der Waals surface area contributed by atoms with E-state index in [9.17, 15) is 4.79 Å². The second-order valence-electron chi connectivity index (χ2n) is 4.50. The molecular formula is C14H18N2O2S2. The molecule has 2 heterocycles. The number of carbonyl (C=O) groups is 1. The van der Waals surface area contributed by atoms with E-state index in [1.54, 1.807) is 11.3 Å². The summed E-state index contributed by atoms with van der Waals surface area (Å²) in [5, 5.41) is 1.18. The highest BCUT2D eigenvalue weighted by atomic mass is 32.1. The van der Waals surface area contributed by atoms with Crippen LogP contribution in [0.15, 0.2) is 18.3 Å². The van der Waals surface area contributed by atoms with Crippen molar-refractivity contribution in [3.05, 3.63) is 38.0 Å². The number of nitrogens with zero attached hydrogens (tertiary/aromatic N) is 2. The molecule has 0 bridgehead atoms. The summed E-state index contributed by atoms with van der Waals surface area (Å²) in [5.74, 6) is -0.265. The fourth-order valence-corrected chi connectivity index (χ4v) is 3.79. The van der Waals surface area contributed by atoms with Crippen molar-refractivity contribution < 1.29 is 9.53 Å². The van der Waals surface area contributed by atoms with Gasteiger partial charge in [0.15, 0.2) is 0 Å². The molecule has 2 aromatic heterocycles. The molecule has 0 saturated carbocycles. The van der Waals surface area contributed by atoms with E-state index in [0.717, 1.165) is 24.4 Å². The molecule has 2 aromatic rings. The van der Waals surface area contributed by atoms with Gasteiger partial charge in [-0.2, -0.15) is 0 Å². The van der Waals surface area contributed by atoms with E-state index in [4.69, 9.17) is 4.74 Å². The molecule has 0 N–H and O–H groups in total. The fourth-order valence-electron chi connectivity index (χ4n) is 1.85. The van der Waals surface area contributed by atoms with Crippen molar-refractivity contribution >= 4 is 28.6 Å². The van der Waals surface area contributed by atoms with Gasteiger partial charge >= 0.3 is 5.97 Å². The van der Waals surface area contributed by atoms with Gasteiger partial charge in [-0.25, -0.2) is 9.78 Å². The number of ether oxygens (including phenoxy) is 1. The SMILES string of the molecule is CCc1ncc(CN(C)Cc2ccc(C(=O)OC)s2)s1. The van der Waals surface area contributed by atoms with Crippen LogP contribution in [-0.2, 0) is 24.2 Å². The first-order chi connectivity index (χ1) is 9.62. The number of aromatic nitrogens is 1. The lowest BCUT2D eigenvalue weighted by molar-refractivity contribution is 0.0606. The molecule has 0 saturated heterocycles. The van der Waals surface area contributed by atoms with Crippen LogP contribution in [0.1, 0.15) is 31.4 Å². The molecule has 0 aromatic carbocycles. The molecule has 2 rings (SSSR count). The van der Waals surface area contributed by atoms with Gasteiger partial charge in [0.25, 0.3) is 0 Å². The number of hydrogen-bond acceptors (Lipinski definition) is 6. The molecule has 0 fully saturated rings. The Hall–Kier alpha value is -1.24. The van der Waals surface area contributed by atoms with Crippen LogP contribution in [0.5, 0.6) is 0 Å². The Morgan fingerprint density at radius 2 is 2.05 bits per heavy atom. The van der Waals surface area contributed by atoms with Crippen molar-refractivity contribution in [1.29, 1.82) is 0 Å². The maximum atomic E-state index is 11.4. The van der Waals surface area contributed by atoms with E-state index in [-0.39, 0.29) is 5.97 Å². The zero-order valence-corrected chi connectivity index (χ0v) is 13.5. The van der Waals surface area contributed by atoms with Crippen LogP contribution < -0.4 is 0 Å². The molecule has 0 amide bonds. The van der Waals surface area contributed by atoms with Crippen LogP contribution in [0.4, 0.5) is 0 Å². The normalized spacial score (nSPS) is 11.0. The van der Waals surface area contributed by atoms with Gasteiger partial charge in [-0.15, -0.1) is 22.7 Å². The predicted molar refractivity (Wildman–Crippen MR) is 82.3 cm³/mol. The molecule has 0 aliphatic heterocycles. The number of methoxy groups -OCH3 is 1. The largest absolute Gasteiger partial charge is 0.465 e. The third kappa shape index (κ3) is 3.88. The summed E-state index contributed by atoms with van der Waals surface area (Å²) in [5.41, 5.74) is 0. The predicted octanol–water partition coefficient (Wildman–Crippen LogP) is 3.19. The van der Waals surface area contributed by atoms with Crippen molar-refractivity contribution in [2.45, 2.75) is 26.4 Å². The number of esters is 1. The number of hydrogen-bond donors (Lipinski definition) is 0. The lowest BCUT2D eigenvalue weighted by Crippen LogP contribution is -2.15. The van der Waals surface area contributed by atoms with Crippen LogP contribution in [-0.4, -0.2) is 30.0 Å². The fraction of sp³-hybridized carbons (Fsp3) is 0.429. The van der Waals surface area contributed by atoms with Crippen molar-refractivity contribution in [2.75, 3.05) is 14.2 Å². The molecule has 0 radical (unpaired) electrons. The summed E-state index contributed by atoms with van der Waals surface area (Å²) in [6.07, 6.45) is 2.94. The van der Waals surface area contributed by atoms with Crippen molar-refractivity contribution in [3.8, 4) is 0 Å². The third-order valence-corrected chi connectivity index (χ3v) is 4.98. The van der Waals surface area contributed by atoms with Crippen LogP contribution in [0.2, 0.25) is 0 Å². The topological polar surface area (TPSA) is 42.4 Å². The molecule has 4 nitrogen and oxygen atoms in total. The van der Waals surface area contributed by atoms with Crippen LogP contribution >= 0.6 is 22.7 Å².